The fourth-order valence-corrected chi connectivity index (χ4v) is 2.57. The molecule has 0 saturated carbocycles. The maximum absolute atomic E-state index is 12.3. The quantitative estimate of drug-likeness (QED) is 0.775. The molecule has 1 fully saturated rings. The summed E-state index contributed by atoms with van der Waals surface area (Å²) in [7, 11) is 0. The third-order valence-corrected chi connectivity index (χ3v) is 3.85. The van der Waals surface area contributed by atoms with Crippen LogP contribution in [0.5, 0.6) is 0 Å². The van der Waals surface area contributed by atoms with Crippen molar-refractivity contribution in [3.8, 4) is 0 Å². The number of hydrogen-bond acceptors (Lipinski definition) is 1. The zero-order chi connectivity index (χ0) is 12.5. The molecule has 0 aromatic heterocycles. The van der Waals surface area contributed by atoms with Crippen molar-refractivity contribution in [2.24, 2.45) is 0 Å². The molecule has 18 heavy (non-hydrogen) atoms. The van der Waals surface area contributed by atoms with Gasteiger partial charge in [0, 0.05) is 11.0 Å². The molecule has 1 saturated heterocycles. The van der Waals surface area contributed by atoms with E-state index in [0.717, 1.165) is 16.6 Å². The summed E-state index contributed by atoms with van der Waals surface area (Å²) in [5, 5.41) is 0. The number of carbonyl (C=O) groups excluding carboxylic acids is 1. The molecule has 0 spiro atoms. The van der Waals surface area contributed by atoms with Gasteiger partial charge < -0.3 is 4.90 Å². The molecule has 3 rings (SSSR count). The first kappa shape index (κ1) is 11.5. The van der Waals surface area contributed by atoms with Crippen molar-refractivity contribution in [2.75, 3.05) is 6.54 Å². The number of carbonyl (C=O) groups is 1. The van der Waals surface area contributed by atoms with Crippen LogP contribution in [0.4, 0.5) is 0 Å². The molecule has 0 bridgehead atoms. The van der Waals surface area contributed by atoms with Gasteiger partial charge in [0.25, 0.3) is 5.91 Å². The third-order valence-electron chi connectivity index (χ3n) is 3.16. The Hall–Kier alpha value is -1.61. The van der Waals surface area contributed by atoms with Crippen molar-refractivity contribution in [3.63, 3.8) is 0 Å². The monoisotopic (exact) mass is 301 g/mol. The number of rotatable bonds is 2. The Balaban J connectivity index is 1.80. The lowest BCUT2D eigenvalue weighted by Gasteiger charge is -2.06. The molecule has 1 heterocycles. The van der Waals surface area contributed by atoms with Crippen LogP contribution in [0.2, 0.25) is 0 Å². The van der Waals surface area contributed by atoms with Gasteiger partial charge in [-0.25, -0.2) is 0 Å². The Morgan fingerprint density at radius 1 is 1.06 bits per heavy atom. The average molecular weight is 302 g/mol. The number of halogens is 1. The van der Waals surface area contributed by atoms with Crippen molar-refractivity contribution in [2.45, 2.75) is 6.04 Å². The standard InChI is InChI=1S/C15H12BrNO/c16-13-9-5-4-8-12(13)15(18)17-10-14(17)11-6-2-1-3-7-11/h1-9,14H,10H2. The van der Waals surface area contributed by atoms with Crippen molar-refractivity contribution in [1.82, 2.24) is 4.90 Å². The highest BCUT2D eigenvalue weighted by Crippen LogP contribution is 2.36. The zero-order valence-electron chi connectivity index (χ0n) is 9.71. The normalized spacial score (nSPS) is 17.6. The van der Waals surface area contributed by atoms with E-state index in [4.69, 9.17) is 0 Å². The van der Waals surface area contributed by atoms with Crippen LogP contribution in [0.3, 0.4) is 0 Å². The van der Waals surface area contributed by atoms with E-state index in [1.807, 2.05) is 47.4 Å². The maximum atomic E-state index is 12.3. The molecule has 0 radical (unpaired) electrons. The summed E-state index contributed by atoms with van der Waals surface area (Å²) in [6.45, 7) is 0.810. The van der Waals surface area contributed by atoms with E-state index in [-0.39, 0.29) is 11.9 Å². The molecule has 0 aliphatic carbocycles. The third kappa shape index (κ3) is 2.06. The molecular formula is C15H12BrNO. The zero-order valence-corrected chi connectivity index (χ0v) is 11.3. The summed E-state index contributed by atoms with van der Waals surface area (Å²) < 4.78 is 0.855. The topological polar surface area (TPSA) is 20.1 Å². The minimum absolute atomic E-state index is 0.0938. The SMILES string of the molecule is O=C(c1ccccc1Br)N1CC1c1ccccc1. The van der Waals surface area contributed by atoms with Gasteiger partial charge in [-0.2, -0.15) is 0 Å². The van der Waals surface area contributed by atoms with Gasteiger partial charge in [-0.1, -0.05) is 42.5 Å². The summed E-state index contributed by atoms with van der Waals surface area (Å²) in [5.74, 6) is 0.0938. The fraction of sp³-hybridized carbons (Fsp3) is 0.133. The number of benzene rings is 2. The van der Waals surface area contributed by atoms with E-state index in [1.165, 1.54) is 5.56 Å². The van der Waals surface area contributed by atoms with Crippen LogP contribution >= 0.6 is 15.9 Å². The lowest BCUT2D eigenvalue weighted by atomic mass is 10.1. The fourth-order valence-electron chi connectivity index (χ4n) is 2.11. The van der Waals surface area contributed by atoms with Crippen LogP contribution in [0.25, 0.3) is 0 Å². The van der Waals surface area contributed by atoms with Gasteiger partial charge in [0.2, 0.25) is 0 Å². The Morgan fingerprint density at radius 2 is 1.72 bits per heavy atom. The predicted octanol–water partition coefficient (Wildman–Crippen LogP) is 3.65. The van der Waals surface area contributed by atoms with Gasteiger partial charge in [-0.15, -0.1) is 0 Å². The molecule has 2 aromatic rings. The van der Waals surface area contributed by atoms with Crippen LogP contribution in [0.1, 0.15) is 22.0 Å². The second-order valence-corrected chi connectivity index (χ2v) is 5.22. The van der Waals surface area contributed by atoms with Crippen molar-refractivity contribution < 1.29 is 4.79 Å². The van der Waals surface area contributed by atoms with E-state index >= 15 is 0 Å². The number of amides is 1. The Labute approximate surface area is 114 Å². The second-order valence-electron chi connectivity index (χ2n) is 4.36. The highest BCUT2D eigenvalue weighted by Gasteiger charge is 2.40. The van der Waals surface area contributed by atoms with E-state index in [0.29, 0.717) is 0 Å². The van der Waals surface area contributed by atoms with Crippen molar-refractivity contribution in [3.05, 3.63) is 70.2 Å². The van der Waals surface area contributed by atoms with E-state index in [9.17, 15) is 4.79 Å². The average Bonchev–Trinajstić information content (AvgIpc) is 3.20. The maximum Gasteiger partial charge on any atom is 0.255 e. The summed E-state index contributed by atoms with van der Waals surface area (Å²) in [5.41, 5.74) is 1.94. The first-order chi connectivity index (χ1) is 8.77. The van der Waals surface area contributed by atoms with Crippen LogP contribution in [-0.2, 0) is 0 Å². The van der Waals surface area contributed by atoms with Gasteiger partial charge in [0.1, 0.15) is 0 Å². The summed E-state index contributed by atoms with van der Waals surface area (Å²) in [4.78, 5) is 14.2. The summed E-state index contributed by atoms with van der Waals surface area (Å²) in [6.07, 6.45) is 0. The van der Waals surface area contributed by atoms with Gasteiger partial charge in [0.05, 0.1) is 11.6 Å². The molecule has 1 unspecified atom stereocenters. The molecule has 1 aliphatic heterocycles. The molecule has 1 atom stereocenters. The Kier molecular flexibility index (Phi) is 2.92. The molecule has 1 amide bonds. The highest BCUT2D eigenvalue weighted by molar-refractivity contribution is 9.10. The Morgan fingerprint density at radius 3 is 2.44 bits per heavy atom. The largest absolute Gasteiger partial charge is 0.327 e. The summed E-state index contributed by atoms with van der Waals surface area (Å²) >= 11 is 3.42. The molecule has 2 aromatic carbocycles. The predicted molar refractivity (Wildman–Crippen MR) is 74.4 cm³/mol. The summed E-state index contributed by atoms with van der Waals surface area (Å²) in [6, 6.07) is 17.9. The smallest absolute Gasteiger partial charge is 0.255 e. The van der Waals surface area contributed by atoms with Gasteiger partial charge in [-0.3, -0.25) is 4.79 Å². The molecule has 2 nitrogen and oxygen atoms in total. The molecular weight excluding hydrogens is 290 g/mol. The lowest BCUT2D eigenvalue weighted by molar-refractivity contribution is 0.0873. The van der Waals surface area contributed by atoms with E-state index in [1.54, 1.807) is 0 Å². The Bertz CT molecular complexity index is 582. The number of nitrogens with zero attached hydrogens (tertiary/aromatic N) is 1. The lowest BCUT2D eigenvalue weighted by Crippen LogP contribution is -2.12. The molecule has 1 aliphatic rings. The molecule has 3 heteroatoms. The van der Waals surface area contributed by atoms with Crippen LogP contribution in [-0.4, -0.2) is 17.4 Å². The van der Waals surface area contributed by atoms with Gasteiger partial charge in [-0.05, 0) is 33.6 Å². The van der Waals surface area contributed by atoms with Crippen LogP contribution in [0.15, 0.2) is 59.1 Å². The van der Waals surface area contributed by atoms with Gasteiger partial charge >= 0.3 is 0 Å². The second kappa shape index (κ2) is 4.58. The van der Waals surface area contributed by atoms with Crippen LogP contribution in [0, 0.1) is 0 Å². The van der Waals surface area contributed by atoms with Crippen molar-refractivity contribution >= 4 is 21.8 Å². The molecule has 0 N–H and O–H groups in total. The van der Waals surface area contributed by atoms with Crippen molar-refractivity contribution in [1.29, 1.82) is 0 Å². The number of hydrogen-bond donors (Lipinski definition) is 0. The van der Waals surface area contributed by atoms with E-state index < -0.39 is 0 Å². The first-order valence-corrected chi connectivity index (χ1v) is 6.67. The van der Waals surface area contributed by atoms with E-state index in [2.05, 4.69) is 28.1 Å². The highest BCUT2D eigenvalue weighted by atomic mass is 79.9. The first-order valence-electron chi connectivity index (χ1n) is 5.88. The minimum Gasteiger partial charge on any atom is -0.327 e. The molecule has 90 valence electrons. The van der Waals surface area contributed by atoms with Gasteiger partial charge in [0.15, 0.2) is 0 Å². The minimum atomic E-state index is 0.0938. The van der Waals surface area contributed by atoms with Crippen LogP contribution < -0.4 is 0 Å².